The third kappa shape index (κ3) is 3.14. The van der Waals surface area contributed by atoms with Gasteiger partial charge in [0.1, 0.15) is 0 Å². The summed E-state index contributed by atoms with van der Waals surface area (Å²) in [6.45, 7) is 0. The predicted octanol–water partition coefficient (Wildman–Crippen LogP) is 0.644. The van der Waals surface area contributed by atoms with Crippen molar-refractivity contribution < 1.29 is 15.3 Å². The fourth-order valence-electron chi connectivity index (χ4n) is 4.12. The summed E-state index contributed by atoms with van der Waals surface area (Å²) in [4.78, 5) is 0. The number of aromatic nitrogens is 10. The van der Waals surface area contributed by atoms with Gasteiger partial charge in [-0.1, -0.05) is 27.8 Å². The van der Waals surface area contributed by atoms with Crippen molar-refractivity contribution in [3.63, 3.8) is 0 Å². The maximum Gasteiger partial charge on any atom is 0.233 e. The Morgan fingerprint density at radius 1 is 0.588 bits per heavy atom. The summed E-state index contributed by atoms with van der Waals surface area (Å²) in [6.07, 6.45) is 5.89. The first kappa shape index (κ1) is 20.2. The van der Waals surface area contributed by atoms with Gasteiger partial charge in [-0.05, 0) is 24.3 Å². The standard InChI is InChI=1S/C21H18N10O3/c32-19(28-8-5-22-25-28)13-1-3-17-15(11-13)16-12-14(20(33)29-9-6-23-26-29)2-4-18(16)31(17)21(34)30-10-7-24-27-30/h1-12,19-21,32-34H. The van der Waals surface area contributed by atoms with Gasteiger partial charge in [0.25, 0.3) is 0 Å². The largest absolute Gasteiger partial charge is 0.368 e. The quantitative estimate of drug-likeness (QED) is 0.326. The molecule has 2 aromatic carbocycles. The number of hydrogen-bond acceptors (Lipinski definition) is 9. The molecule has 3 atom stereocenters. The molecule has 13 heteroatoms. The second-order valence-corrected chi connectivity index (χ2v) is 7.67. The lowest BCUT2D eigenvalue weighted by atomic mass is 10.1. The summed E-state index contributed by atoms with van der Waals surface area (Å²) in [5.74, 6) is 0. The molecule has 0 aliphatic rings. The van der Waals surface area contributed by atoms with E-state index in [1.165, 1.54) is 32.6 Å². The normalized spacial score (nSPS) is 14.6. The number of aliphatic hydroxyl groups is 3. The van der Waals surface area contributed by atoms with Gasteiger partial charge in [-0.25, -0.2) is 14.0 Å². The molecule has 170 valence electrons. The zero-order valence-electron chi connectivity index (χ0n) is 17.5. The van der Waals surface area contributed by atoms with Crippen LogP contribution in [0.25, 0.3) is 21.8 Å². The van der Waals surface area contributed by atoms with Crippen molar-refractivity contribution in [1.82, 2.24) is 49.5 Å². The highest BCUT2D eigenvalue weighted by molar-refractivity contribution is 6.08. The molecule has 0 aliphatic carbocycles. The molecule has 0 spiro atoms. The maximum absolute atomic E-state index is 11.1. The highest BCUT2D eigenvalue weighted by atomic mass is 16.3. The van der Waals surface area contributed by atoms with Gasteiger partial charge in [0, 0.05) is 34.3 Å². The average Bonchev–Trinajstić information content (AvgIpc) is 3.69. The number of nitrogens with zero attached hydrogens (tertiary/aromatic N) is 10. The van der Waals surface area contributed by atoms with E-state index < -0.39 is 18.8 Å². The Labute approximate surface area is 190 Å². The average molecular weight is 458 g/mol. The van der Waals surface area contributed by atoms with Crippen molar-refractivity contribution >= 4 is 21.8 Å². The van der Waals surface area contributed by atoms with E-state index in [9.17, 15) is 15.3 Å². The van der Waals surface area contributed by atoms with Gasteiger partial charge in [-0.3, -0.25) is 4.57 Å². The lowest BCUT2D eigenvalue weighted by Gasteiger charge is -2.16. The molecular formula is C21H18N10O3. The van der Waals surface area contributed by atoms with Crippen LogP contribution < -0.4 is 0 Å². The van der Waals surface area contributed by atoms with Crippen LogP contribution in [0.2, 0.25) is 0 Å². The van der Waals surface area contributed by atoms with Gasteiger partial charge < -0.3 is 15.3 Å². The van der Waals surface area contributed by atoms with Crippen molar-refractivity contribution in [3.8, 4) is 0 Å². The number of hydrogen-bond donors (Lipinski definition) is 3. The van der Waals surface area contributed by atoms with Crippen LogP contribution in [0, 0.1) is 0 Å². The molecule has 0 saturated carbocycles. The van der Waals surface area contributed by atoms with Gasteiger partial charge in [-0.2, -0.15) is 0 Å². The van der Waals surface area contributed by atoms with Gasteiger partial charge in [0.05, 0.1) is 35.8 Å². The van der Waals surface area contributed by atoms with Crippen molar-refractivity contribution in [2.45, 2.75) is 18.8 Å². The molecule has 6 aromatic rings. The molecular weight excluding hydrogens is 440 g/mol. The summed E-state index contributed by atoms with van der Waals surface area (Å²) in [5.41, 5.74) is 2.55. The number of benzene rings is 2. The molecule has 0 amide bonds. The van der Waals surface area contributed by atoms with Crippen molar-refractivity contribution in [2.75, 3.05) is 0 Å². The van der Waals surface area contributed by atoms with Gasteiger partial charge in [-0.15, -0.1) is 15.3 Å². The van der Waals surface area contributed by atoms with Crippen molar-refractivity contribution in [1.29, 1.82) is 0 Å². The van der Waals surface area contributed by atoms with Crippen molar-refractivity contribution in [3.05, 3.63) is 84.7 Å². The minimum absolute atomic E-state index is 0.578. The highest BCUT2D eigenvalue weighted by Crippen LogP contribution is 2.35. The second-order valence-electron chi connectivity index (χ2n) is 7.67. The molecule has 0 bridgehead atoms. The fraction of sp³-hybridized carbons (Fsp3) is 0.143. The Morgan fingerprint density at radius 3 is 1.44 bits per heavy atom. The first-order valence-corrected chi connectivity index (χ1v) is 10.3. The van der Waals surface area contributed by atoms with E-state index in [1.807, 2.05) is 12.1 Å². The Balaban J connectivity index is 1.57. The van der Waals surface area contributed by atoms with E-state index in [0.717, 1.165) is 10.8 Å². The molecule has 4 heterocycles. The van der Waals surface area contributed by atoms with E-state index >= 15 is 0 Å². The molecule has 34 heavy (non-hydrogen) atoms. The predicted molar refractivity (Wildman–Crippen MR) is 117 cm³/mol. The van der Waals surface area contributed by atoms with E-state index in [2.05, 4.69) is 30.9 Å². The fourth-order valence-corrected chi connectivity index (χ4v) is 4.12. The lowest BCUT2D eigenvalue weighted by molar-refractivity contribution is 0.0672. The van der Waals surface area contributed by atoms with Crippen LogP contribution in [0.1, 0.15) is 29.9 Å². The smallest absolute Gasteiger partial charge is 0.233 e. The minimum Gasteiger partial charge on any atom is -0.368 e. The van der Waals surface area contributed by atoms with Gasteiger partial charge in [0.2, 0.25) is 6.35 Å². The Hall–Kier alpha value is -4.46. The van der Waals surface area contributed by atoms with Crippen LogP contribution in [-0.2, 0) is 0 Å². The third-order valence-electron chi connectivity index (χ3n) is 5.74. The van der Waals surface area contributed by atoms with Crippen LogP contribution in [0.5, 0.6) is 0 Å². The van der Waals surface area contributed by atoms with Crippen LogP contribution in [0.4, 0.5) is 0 Å². The number of aliphatic hydroxyl groups excluding tert-OH is 3. The summed E-state index contributed by atoms with van der Waals surface area (Å²) in [7, 11) is 0. The zero-order valence-corrected chi connectivity index (χ0v) is 17.5. The van der Waals surface area contributed by atoms with Crippen LogP contribution >= 0.6 is 0 Å². The van der Waals surface area contributed by atoms with Crippen LogP contribution in [0.15, 0.2) is 73.6 Å². The maximum atomic E-state index is 11.1. The summed E-state index contributed by atoms with van der Waals surface area (Å²) < 4.78 is 5.71. The summed E-state index contributed by atoms with van der Waals surface area (Å²) >= 11 is 0. The van der Waals surface area contributed by atoms with E-state index in [1.54, 1.807) is 47.4 Å². The van der Waals surface area contributed by atoms with Gasteiger partial charge >= 0.3 is 0 Å². The lowest BCUT2D eigenvalue weighted by Crippen LogP contribution is -2.18. The first-order chi connectivity index (χ1) is 16.6. The van der Waals surface area contributed by atoms with Gasteiger partial charge in [0.15, 0.2) is 12.5 Å². The number of fused-ring (bicyclic) bond motifs is 3. The topological polar surface area (TPSA) is 158 Å². The molecule has 6 rings (SSSR count). The Bertz CT molecular complexity index is 1460. The second kappa shape index (κ2) is 7.84. The van der Waals surface area contributed by atoms with Crippen molar-refractivity contribution in [2.24, 2.45) is 0 Å². The SMILES string of the molecule is OC(c1ccc2c(c1)c1cc(C(O)n3ccnn3)ccc1n2C(O)n1ccnn1)n1ccnn1. The molecule has 3 unspecified atom stereocenters. The Morgan fingerprint density at radius 2 is 1.03 bits per heavy atom. The van der Waals surface area contributed by atoms with E-state index in [-0.39, 0.29) is 0 Å². The van der Waals surface area contributed by atoms with E-state index in [4.69, 9.17) is 0 Å². The molecule has 0 radical (unpaired) electrons. The zero-order chi connectivity index (χ0) is 23.2. The summed E-state index contributed by atoms with van der Waals surface area (Å²) in [5, 5.41) is 57.1. The molecule has 3 N–H and O–H groups in total. The highest BCUT2D eigenvalue weighted by Gasteiger charge is 2.22. The van der Waals surface area contributed by atoms with Crippen LogP contribution in [-0.4, -0.2) is 64.9 Å². The minimum atomic E-state index is -1.17. The molecule has 4 aromatic heterocycles. The Kier molecular flexibility index (Phi) is 4.65. The molecule has 0 saturated heterocycles. The molecule has 0 fully saturated rings. The van der Waals surface area contributed by atoms with Crippen LogP contribution in [0.3, 0.4) is 0 Å². The molecule has 0 aliphatic heterocycles. The third-order valence-corrected chi connectivity index (χ3v) is 5.74. The monoisotopic (exact) mass is 458 g/mol. The van der Waals surface area contributed by atoms with E-state index in [0.29, 0.717) is 22.2 Å². The first-order valence-electron chi connectivity index (χ1n) is 10.3. The molecule has 13 nitrogen and oxygen atoms in total. The number of rotatable bonds is 6. The summed E-state index contributed by atoms with van der Waals surface area (Å²) in [6, 6.07) is 10.8.